The molecule has 5 nitrogen and oxygen atoms in total. The summed E-state index contributed by atoms with van der Waals surface area (Å²) < 4.78 is 5.84. The normalized spacial score (nSPS) is 16.4. The van der Waals surface area contributed by atoms with Crippen LogP contribution in [0.2, 0.25) is 0 Å². The van der Waals surface area contributed by atoms with Crippen molar-refractivity contribution in [2.45, 2.75) is 34.1 Å². The number of benzene rings is 2. The molecular formula is C25H31N3O2. The van der Waals surface area contributed by atoms with Gasteiger partial charge in [-0.05, 0) is 63.5 Å². The molecule has 1 heterocycles. The van der Waals surface area contributed by atoms with Crippen molar-refractivity contribution >= 4 is 23.7 Å². The Morgan fingerprint density at radius 1 is 1.00 bits per heavy atom. The van der Waals surface area contributed by atoms with Gasteiger partial charge in [0.2, 0.25) is 0 Å². The summed E-state index contributed by atoms with van der Waals surface area (Å²) in [7, 11) is 0. The van der Waals surface area contributed by atoms with Crippen molar-refractivity contribution in [2.24, 2.45) is 4.99 Å². The second kappa shape index (κ2) is 10.1. The van der Waals surface area contributed by atoms with Crippen molar-refractivity contribution in [3.8, 4) is 0 Å². The number of hydrogen-bond donors (Lipinski definition) is 0. The first kappa shape index (κ1) is 21.6. The van der Waals surface area contributed by atoms with Crippen LogP contribution >= 0.6 is 0 Å². The van der Waals surface area contributed by atoms with Crippen LogP contribution < -0.4 is 4.90 Å². The maximum atomic E-state index is 12.7. The van der Waals surface area contributed by atoms with E-state index in [9.17, 15) is 4.79 Å². The van der Waals surface area contributed by atoms with Crippen LogP contribution in [-0.2, 0) is 16.0 Å². The molecule has 2 aromatic carbocycles. The van der Waals surface area contributed by atoms with Gasteiger partial charge in [0.1, 0.15) is 0 Å². The number of ether oxygens (including phenoxy) is 1. The molecule has 0 bridgehead atoms. The van der Waals surface area contributed by atoms with Crippen LogP contribution in [0.15, 0.2) is 59.3 Å². The van der Waals surface area contributed by atoms with E-state index in [0.29, 0.717) is 24.9 Å². The largest absolute Gasteiger partial charge is 0.420 e. The summed E-state index contributed by atoms with van der Waals surface area (Å²) in [5.74, 6) is 0.181. The van der Waals surface area contributed by atoms with Crippen molar-refractivity contribution in [1.29, 1.82) is 0 Å². The molecule has 1 aliphatic rings. The maximum absolute atomic E-state index is 12.7. The van der Waals surface area contributed by atoms with Crippen molar-refractivity contribution in [3.05, 3.63) is 71.0 Å². The summed E-state index contributed by atoms with van der Waals surface area (Å²) >= 11 is 0. The highest BCUT2D eigenvalue weighted by molar-refractivity contribution is 6.11. The molecule has 158 valence electrons. The number of anilines is 1. The Labute approximate surface area is 179 Å². The van der Waals surface area contributed by atoms with Crippen LogP contribution in [0.5, 0.6) is 0 Å². The zero-order chi connectivity index (χ0) is 21.5. The minimum atomic E-state index is -0.139. The first-order valence-electron chi connectivity index (χ1n) is 10.7. The molecule has 0 radical (unpaired) electrons. The fraction of sp³-hybridized carbons (Fsp3) is 0.360. The second-order valence-electron chi connectivity index (χ2n) is 7.32. The van der Waals surface area contributed by atoms with E-state index in [-0.39, 0.29) is 5.91 Å². The van der Waals surface area contributed by atoms with Gasteiger partial charge >= 0.3 is 0 Å². The zero-order valence-corrected chi connectivity index (χ0v) is 18.4. The Morgan fingerprint density at radius 2 is 1.67 bits per heavy atom. The average Bonchev–Trinajstić information content (AvgIpc) is 3.06. The van der Waals surface area contributed by atoms with Crippen molar-refractivity contribution in [2.75, 3.05) is 31.1 Å². The average molecular weight is 406 g/mol. The number of rotatable bonds is 8. The molecule has 0 unspecified atom stereocenters. The quantitative estimate of drug-likeness (QED) is 0.600. The molecular weight excluding hydrogens is 374 g/mol. The zero-order valence-electron chi connectivity index (χ0n) is 18.4. The van der Waals surface area contributed by atoms with E-state index in [1.165, 1.54) is 16.8 Å². The smallest absolute Gasteiger partial charge is 0.300 e. The monoisotopic (exact) mass is 405 g/mol. The maximum Gasteiger partial charge on any atom is 0.300 e. The number of aliphatic imine (C=N–C) groups is 1. The number of amides is 1. The number of carbonyl (C=O) groups is 1. The van der Waals surface area contributed by atoms with Gasteiger partial charge in [0.05, 0.1) is 0 Å². The first-order chi connectivity index (χ1) is 14.5. The Kier molecular flexibility index (Phi) is 7.28. The SMILES string of the molecule is CCN1C(=O)/C(=C\c2ccc(N(CC)CC)cc2)O/C1=N/CCc1ccc(C)cc1. The number of aryl methyl sites for hydroxylation is 1. The van der Waals surface area contributed by atoms with Crippen molar-refractivity contribution < 1.29 is 9.53 Å². The molecule has 0 spiro atoms. The third kappa shape index (κ3) is 5.09. The third-order valence-electron chi connectivity index (χ3n) is 5.29. The lowest BCUT2D eigenvalue weighted by molar-refractivity contribution is -0.122. The van der Waals surface area contributed by atoms with E-state index in [1.807, 2.05) is 19.1 Å². The number of amidine groups is 1. The van der Waals surface area contributed by atoms with Crippen LogP contribution in [0.3, 0.4) is 0 Å². The van der Waals surface area contributed by atoms with Gasteiger partial charge in [-0.3, -0.25) is 9.69 Å². The molecule has 1 saturated heterocycles. The highest BCUT2D eigenvalue weighted by Gasteiger charge is 2.33. The topological polar surface area (TPSA) is 45.1 Å². The lowest BCUT2D eigenvalue weighted by Gasteiger charge is -2.20. The molecule has 3 rings (SSSR count). The lowest BCUT2D eigenvalue weighted by atomic mass is 10.1. The van der Waals surface area contributed by atoms with E-state index >= 15 is 0 Å². The molecule has 30 heavy (non-hydrogen) atoms. The Balaban J connectivity index is 1.70. The minimum Gasteiger partial charge on any atom is -0.420 e. The van der Waals surface area contributed by atoms with Crippen LogP contribution in [0.25, 0.3) is 6.08 Å². The number of likely N-dealkylation sites (N-methyl/N-ethyl adjacent to an activating group) is 1. The van der Waals surface area contributed by atoms with Crippen molar-refractivity contribution in [3.63, 3.8) is 0 Å². The molecule has 2 aromatic rings. The van der Waals surface area contributed by atoms with Gasteiger partial charge in [0.15, 0.2) is 5.76 Å². The minimum absolute atomic E-state index is 0.139. The summed E-state index contributed by atoms with van der Waals surface area (Å²) in [5.41, 5.74) is 4.58. The summed E-state index contributed by atoms with van der Waals surface area (Å²) in [6.45, 7) is 11.3. The third-order valence-corrected chi connectivity index (χ3v) is 5.29. The number of nitrogens with zero attached hydrogens (tertiary/aromatic N) is 3. The Morgan fingerprint density at radius 3 is 2.27 bits per heavy atom. The Hall–Kier alpha value is -3.08. The fourth-order valence-corrected chi connectivity index (χ4v) is 3.46. The number of hydrogen-bond acceptors (Lipinski definition) is 4. The van der Waals surface area contributed by atoms with E-state index in [1.54, 1.807) is 11.0 Å². The molecule has 0 atom stereocenters. The van der Waals surface area contributed by atoms with Crippen LogP contribution in [-0.4, -0.2) is 43.0 Å². The highest BCUT2D eigenvalue weighted by Crippen LogP contribution is 2.22. The van der Waals surface area contributed by atoms with Crippen molar-refractivity contribution in [1.82, 2.24) is 4.90 Å². The molecule has 0 saturated carbocycles. The molecule has 1 aliphatic heterocycles. The van der Waals surface area contributed by atoms with Crippen LogP contribution in [0.1, 0.15) is 37.5 Å². The number of carbonyl (C=O) groups excluding carboxylic acids is 1. The predicted molar refractivity (Wildman–Crippen MR) is 124 cm³/mol. The molecule has 1 fully saturated rings. The summed E-state index contributed by atoms with van der Waals surface area (Å²) in [6, 6.07) is 17.0. The summed E-state index contributed by atoms with van der Waals surface area (Å²) in [5, 5.41) is 0. The molecule has 0 aromatic heterocycles. The Bertz CT molecular complexity index is 910. The second-order valence-corrected chi connectivity index (χ2v) is 7.32. The van der Waals surface area contributed by atoms with E-state index in [2.05, 4.69) is 67.1 Å². The first-order valence-corrected chi connectivity index (χ1v) is 10.7. The molecule has 0 aliphatic carbocycles. The van der Waals surface area contributed by atoms with Crippen LogP contribution in [0, 0.1) is 6.92 Å². The lowest BCUT2D eigenvalue weighted by Crippen LogP contribution is -2.29. The van der Waals surface area contributed by atoms with E-state index < -0.39 is 0 Å². The highest BCUT2D eigenvalue weighted by atomic mass is 16.5. The fourth-order valence-electron chi connectivity index (χ4n) is 3.46. The van der Waals surface area contributed by atoms with Gasteiger partial charge in [-0.15, -0.1) is 0 Å². The van der Waals surface area contributed by atoms with Crippen LogP contribution in [0.4, 0.5) is 5.69 Å². The summed E-state index contributed by atoms with van der Waals surface area (Å²) in [6.07, 6.45) is 2.60. The van der Waals surface area contributed by atoms with E-state index in [4.69, 9.17) is 4.74 Å². The van der Waals surface area contributed by atoms with Gasteiger partial charge < -0.3 is 9.64 Å². The predicted octanol–water partition coefficient (Wildman–Crippen LogP) is 4.66. The van der Waals surface area contributed by atoms with Gasteiger partial charge in [-0.25, -0.2) is 4.99 Å². The molecule has 1 amide bonds. The molecule has 5 heteroatoms. The van der Waals surface area contributed by atoms with Gasteiger partial charge in [-0.2, -0.15) is 0 Å². The van der Waals surface area contributed by atoms with Gasteiger partial charge in [0, 0.05) is 31.9 Å². The summed E-state index contributed by atoms with van der Waals surface area (Å²) in [4.78, 5) is 21.2. The van der Waals surface area contributed by atoms with Gasteiger partial charge in [-0.1, -0.05) is 42.0 Å². The van der Waals surface area contributed by atoms with E-state index in [0.717, 1.165) is 25.1 Å². The standard InChI is InChI=1S/C25H31N3O2/c1-5-27(6-2)22-14-12-21(13-15-22)18-23-24(29)28(7-3)25(30-23)26-17-16-20-10-8-19(4)9-11-20/h8-15,18H,5-7,16-17H2,1-4H3/b23-18+,26-25+. The molecule has 0 N–H and O–H groups in total. The van der Waals surface area contributed by atoms with Gasteiger partial charge in [0.25, 0.3) is 11.9 Å².